The number of benzene rings is 1. The molecule has 2 atom stereocenters. The molecular weight excluding hydrogens is 284 g/mol. The van der Waals surface area contributed by atoms with Gasteiger partial charge in [0, 0.05) is 12.7 Å². The third-order valence-corrected chi connectivity index (χ3v) is 3.58. The summed E-state index contributed by atoms with van der Waals surface area (Å²) in [4.78, 5) is 17.3. The maximum atomic E-state index is 12.2. The van der Waals surface area contributed by atoms with E-state index in [4.69, 9.17) is 4.84 Å². The van der Waals surface area contributed by atoms with E-state index < -0.39 is 0 Å². The fraction of sp³-hybridized carbons (Fsp3) is 0.417. The normalized spacial score (nSPS) is 22.5. The second-order valence-corrected chi connectivity index (χ2v) is 5.11. The second-order valence-electron chi connectivity index (χ2n) is 4.01. The van der Waals surface area contributed by atoms with Crippen LogP contribution in [-0.2, 0) is 9.63 Å². The van der Waals surface area contributed by atoms with Gasteiger partial charge in [0.15, 0.2) is 0 Å². The number of nitrogens with one attached hydrogen (secondary N) is 1. The average Bonchev–Trinajstić information content (AvgIpc) is 2.35. The van der Waals surface area contributed by atoms with Crippen LogP contribution in [0.1, 0.15) is 17.9 Å². The molecule has 5 heteroatoms. The van der Waals surface area contributed by atoms with Crippen molar-refractivity contribution < 1.29 is 9.63 Å². The molecule has 0 aliphatic carbocycles. The molecule has 2 unspecified atom stereocenters. The molecular formula is C12H15BrN2O2. The van der Waals surface area contributed by atoms with Gasteiger partial charge in [-0.05, 0) is 18.1 Å². The van der Waals surface area contributed by atoms with Crippen LogP contribution in [0.25, 0.3) is 0 Å². The van der Waals surface area contributed by atoms with E-state index in [-0.39, 0.29) is 16.8 Å². The lowest BCUT2D eigenvalue weighted by molar-refractivity contribution is -0.170. The number of para-hydroxylation sites is 1. The van der Waals surface area contributed by atoms with E-state index in [1.165, 1.54) is 12.2 Å². The number of nitrogens with zero attached hydrogens (tertiary/aromatic N) is 1. The predicted molar refractivity (Wildman–Crippen MR) is 69.9 cm³/mol. The minimum Gasteiger partial charge on any atom is -0.372 e. The summed E-state index contributed by atoms with van der Waals surface area (Å²) in [5, 5.41) is 4.59. The number of anilines is 1. The van der Waals surface area contributed by atoms with E-state index in [1.807, 2.05) is 24.3 Å². The highest BCUT2D eigenvalue weighted by atomic mass is 79.9. The number of hydroxylamine groups is 2. The number of halogens is 1. The van der Waals surface area contributed by atoms with Gasteiger partial charge in [-0.25, -0.2) is 5.06 Å². The summed E-state index contributed by atoms with van der Waals surface area (Å²) >= 11 is 3.52. The number of alkyl halides is 1. The van der Waals surface area contributed by atoms with Gasteiger partial charge < -0.3 is 5.32 Å². The fourth-order valence-electron chi connectivity index (χ4n) is 2.04. The zero-order valence-corrected chi connectivity index (χ0v) is 11.4. The van der Waals surface area contributed by atoms with Crippen LogP contribution < -0.4 is 5.32 Å². The van der Waals surface area contributed by atoms with E-state index in [1.54, 1.807) is 7.05 Å². The van der Waals surface area contributed by atoms with Crippen LogP contribution in [0.5, 0.6) is 0 Å². The molecule has 1 aliphatic heterocycles. The molecule has 0 saturated heterocycles. The van der Waals surface area contributed by atoms with Crippen molar-refractivity contribution in [1.82, 2.24) is 5.06 Å². The Morgan fingerprint density at radius 3 is 2.94 bits per heavy atom. The summed E-state index contributed by atoms with van der Waals surface area (Å²) in [6.45, 7) is 0. The molecule has 0 radical (unpaired) electrons. The topological polar surface area (TPSA) is 41.6 Å². The Kier molecular flexibility index (Phi) is 3.69. The highest BCUT2D eigenvalue weighted by Gasteiger charge is 2.32. The Morgan fingerprint density at radius 1 is 1.53 bits per heavy atom. The lowest BCUT2D eigenvalue weighted by Gasteiger charge is -2.31. The number of rotatable bonds is 2. The molecule has 2 rings (SSSR count). The molecule has 0 aromatic heterocycles. The zero-order valence-electron chi connectivity index (χ0n) is 9.81. The molecule has 0 saturated carbocycles. The highest BCUT2D eigenvalue weighted by Crippen LogP contribution is 2.36. The molecule has 1 N–H and O–H groups in total. The van der Waals surface area contributed by atoms with Gasteiger partial charge in [0.2, 0.25) is 0 Å². The molecule has 1 aromatic rings. The number of likely N-dealkylation sites (N-methyl/N-ethyl adjacent to an activating group) is 1. The van der Waals surface area contributed by atoms with Crippen LogP contribution >= 0.6 is 15.9 Å². The van der Waals surface area contributed by atoms with Crippen molar-refractivity contribution >= 4 is 27.5 Å². The van der Waals surface area contributed by atoms with Crippen LogP contribution in [0.3, 0.4) is 0 Å². The maximum absolute atomic E-state index is 12.2. The Balaban J connectivity index is 2.32. The summed E-state index contributed by atoms with van der Waals surface area (Å²) in [6.07, 6.45) is 0.712. The van der Waals surface area contributed by atoms with Crippen molar-refractivity contribution in [3.8, 4) is 0 Å². The van der Waals surface area contributed by atoms with Crippen molar-refractivity contribution in [2.75, 3.05) is 19.5 Å². The van der Waals surface area contributed by atoms with Crippen molar-refractivity contribution in [3.05, 3.63) is 29.8 Å². The molecule has 0 fully saturated rings. The number of hydrogen-bond acceptors (Lipinski definition) is 3. The van der Waals surface area contributed by atoms with Crippen LogP contribution in [0.2, 0.25) is 0 Å². The van der Waals surface area contributed by atoms with E-state index in [0.717, 1.165) is 11.3 Å². The summed E-state index contributed by atoms with van der Waals surface area (Å²) in [5.74, 6) is -0.187. The standard InChI is InChI=1S/C12H15BrN2O2/c1-15(17-2)12(16)9-7-11(13)14-10-6-4-3-5-8(9)10/h3-6,9,11,14H,7H2,1-2H3. The number of carbonyl (C=O) groups excluding carboxylic acids is 1. The Morgan fingerprint density at radius 2 is 2.24 bits per heavy atom. The molecule has 1 heterocycles. The zero-order chi connectivity index (χ0) is 12.4. The first-order valence-electron chi connectivity index (χ1n) is 5.44. The third-order valence-electron chi connectivity index (χ3n) is 2.97. The summed E-state index contributed by atoms with van der Waals surface area (Å²) < 4.78 is 0. The van der Waals surface area contributed by atoms with Crippen molar-refractivity contribution in [2.45, 2.75) is 17.3 Å². The number of amides is 1. The van der Waals surface area contributed by atoms with Crippen LogP contribution in [0.4, 0.5) is 5.69 Å². The molecule has 1 aliphatic rings. The van der Waals surface area contributed by atoms with E-state index in [9.17, 15) is 4.79 Å². The second kappa shape index (κ2) is 5.06. The van der Waals surface area contributed by atoms with Gasteiger partial charge in [0.05, 0.1) is 18.0 Å². The monoisotopic (exact) mass is 298 g/mol. The quantitative estimate of drug-likeness (QED) is 0.518. The Hall–Kier alpha value is -1.07. The highest BCUT2D eigenvalue weighted by molar-refractivity contribution is 9.09. The summed E-state index contributed by atoms with van der Waals surface area (Å²) in [5.41, 5.74) is 2.03. The third kappa shape index (κ3) is 2.45. The first-order valence-corrected chi connectivity index (χ1v) is 6.36. The lowest BCUT2D eigenvalue weighted by atomic mass is 9.90. The first kappa shape index (κ1) is 12.4. The largest absolute Gasteiger partial charge is 0.372 e. The minimum absolute atomic E-state index is 0.0223. The molecule has 92 valence electrons. The van der Waals surface area contributed by atoms with Gasteiger partial charge in [-0.15, -0.1) is 0 Å². The van der Waals surface area contributed by atoms with Crippen LogP contribution in [0, 0.1) is 0 Å². The van der Waals surface area contributed by atoms with Gasteiger partial charge >= 0.3 is 0 Å². The average molecular weight is 299 g/mol. The molecule has 0 bridgehead atoms. The summed E-state index contributed by atoms with van der Waals surface area (Å²) in [7, 11) is 3.13. The minimum atomic E-state index is -0.165. The molecule has 1 amide bonds. The van der Waals surface area contributed by atoms with Crippen LogP contribution in [0.15, 0.2) is 24.3 Å². The number of fused-ring (bicyclic) bond motifs is 1. The molecule has 0 spiro atoms. The van der Waals surface area contributed by atoms with E-state index in [2.05, 4.69) is 21.2 Å². The Labute approximate surface area is 109 Å². The predicted octanol–water partition coefficient (Wildman–Crippen LogP) is 2.33. The van der Waals surface area contributed by atoms with E-state index in [0.29, 0.717) is 6.42 Å². The van der Waals surface area contributed by atoms with Gasteiger partial charge in [0.25, 0.3) is 5.91 Å². The van der Waals surface area contributed by atoms with Gasteiger partial charge in [0.1, 0.15) is 0 Å². The first-order chi connectivity index (χ1) is 8.13. The van der Waals surface area contributed by atoms with Gasteiger partial charge in [-0.1, -0.05) is 34.1 Å². The lowest BCUT2D eigenvalue weighted by Crippen LogP contribution is -2.35. The molecule has 4 nitrogen and oxygen atoms in total. The van der Waals surface area contributed by atoms with Crippen molar-refractivity contribution in [2.24, 2.45) is 0 Å². The number of hydrogen-bond donors (Lipinski definition) is 1. The maximum Gasteiger partial charge on any atom is 0.253 e. The smallest absolute Gasteiger partial charge is 0.253 e. The van der Waals surface area contributed by atoms with Gasteiger partial charge in [-0.2, -0.15) is 0 Å². The van der Waals surface area contributed by atoms with Crippen LogP contribution in [-0.4, -0.2) is 30.1 Å². The Bertz CT molecular complexity index is 425. The fourth-order valence-corrected chi connectivity index (χ4v) is 2.66. The summed E-state index contributed by atoms with van der Waals surface area (Å²) in [6, 6.07) is 7.86. The van der Waals surface area contributed by atoms with E-state index >= 15 is 0 Å². The molecule has 17 heavy (non-hydrogen) atoms. The van der Waals surface area contributed by atoms with Crippen molar-refractivity contribution in [3.63, 3.8) is 0 Å². The van der Waals surface area contributed by atoms with Crippen molar-refractivity contribution in [1.29, 1.82) is 0 Å². The number of carbonyl (C=O) groups is 1. The molecule has 1 aromatic carbocycles. The SMILES string of the molecule is CON(C)C(=O)C1CC(Br)Nc2ccccc21. The van der Waals surface area contributed by atoms with Gasteiger partial charge in [-0.3, -0.25) is 9.63 Å².